The molecule has 0 spiro atoms. The summed E-state index contributed by atoms with van der Waals surface area (Å²) in [5, 5.41) is 5.89. The zero-order valence-electron chi connectivity index (χ0n) is 15.0. The Hall–Kier alpha value is -2.56. The number of nitrogens with one attached hydrogen (secondary N) is 2. The lowest BCUT2D eigenvalue weighted by molar-refractivity contribution is 0.237. The van der Waals surface area contributed by atoms with E-state index >= 15 is 0 Å². The van der Waals surface area contributed by atoms with Gasteiger partial charge in [-0.25, -0.2) is 4.79 Å². The van der Waals surface area contributed by atoms with E-state index in [9.17, 15) is 4.79 Å². The minimum atomic E-state index is -0.177. The lowest BCUT2D eigenvalue weighted by Gasteiger charge is -2.21. The van der Waals surface area contributed by atoms with Crippen LogP contribution in [-0.4, -0.2) is 24.1 Å². The van der Waals surface area contributed by atoms with Gasteiger partial charge in [-0.1, -0.05) is 18.2 Å². The molecule has 1 saturated heterocycles. The van der Waals surface area contributed by atoms with Crippen LogP contribution < -0.4 is 15.5 Å². The number of rotatable bonds is 5. The van der Waals surface area contributed by atoms with Crippen LogP contribution in [0.4, 0.5) is 10.5 Å². The van der Waals surface area contributed by atoms with Crippen LogP contribution in [0, 0.1) is 6.92 Å². The predicted octanol–water partition coefficient (Wildman–Crippen LogP) is 3.55. The van der Waals surface area contributed by atoms with Crippen LogP contribution in [0.1, 0.15) is 42.6 Å². The van der Waals surface area contributed by atoms with Crippen molar-refractivity contribution in [1.82, 2.24) is 15.6 Å². The van der Waals surface area contributed by atoms with E-state index in [0.29, 0.717) is 6.54 Å². The summed E-state index contributed by atoms with van der Waals surface area (Å²) in [6.45, 7) is 6.67. The van der Waals surface area contributed by atoms with Crippen molar-refractivity contribution in [3.8, 4) is 0 Å². The maximum Gasteiger partial charge on any atom is 0.315 e. The smallest absolute Gasteiger partial charge is 0.315 e. The molecule has 2 amide bonds. The molecule has 3 rings (SSSR count). The molecule has 1 aliphatic heterocycles. The Balaban J connectivity index is 1.56. The molecule has 1 atom stereocenters. The number of nitrogens with zero attached hydrogens (tertiary/aromatic N) is 2. The standard InChI is InChI=1S/C20H26N4O/c1-15-7-6-10-21-19(15)14-22-20(25)23-16(2)17-8-5-9-18(13-17)24-11-3-4-12-24/h5-10,13,16H,3-4,11-12,14H2,1-2H3,(H2,22,23,25)/t16-/m1/s1. The first-order valence-electron chi connectivity index (χ1n) is 8.93. The van der Waals surface area contributed by atoms with Gasteiger partial charge in [0.25, 0.3) is 0 Å². The number of amides is 2. The Bertz CT molecular complexity index is 725. The fourth-order valence-electron chi connectivity index (χ4n) is 3.16. The molecule has 0 aliphatic carbocycles. The zero-order valence-corrected chi connectivity index (χ0v) is 15.0. The predicted molar refractivity (Wildman–Crippen MR) is 101 cm³/mol. The summed E-state index contributed by atoms with van der Waals surface area (Å²) in [4.78, 5) is 18.9. The van der Waals surface area contributed by atoms with Crippen molar-refractivity contribution < 1.29 is 4.79 Å². The first-order valence-corrected chi connectivity index (χ1v) is 8.93. The van der Waals surface area contributed by atoms with E-state index in [2.05, 4.69) is 44.8 Å². The highest BCUT2D eigenvalue weighted by Crippen LogP contribution is 2.23. The second-order valence-corrected chi connectivity index (χ2v) is 6.60. The largest absolute Gasteiger partial charge is 0.372 e. The number of benzene rings is 1. The molecule has 5 nitrogen and oxygen atoms in total. The van der Waals surface area contributed by atoms with Crippen molar-refractivity contribution in [3.63, 3.8) is 0 Å². The Kier molecular flexibility index (Phi) is 5.53. The maximum absolute atomic E-state index is 12.2. The number of pyridine rings is 1. The molecule has 1 fully saturated rings. The first kappa shape index (κ1) is 17.3. The van der Waals surface area contributed by atoms with Gasteiger partial charge in [0.15, 0.2) is 0 Å². The highest BCUT2D eigenvalue weighted by atomic mass is 16.2. The van der Waals surface area contributed by atoms with Gasteiger partial charge in [-0.05, 0) is 56.0 Å². The van der Waals surface area contributed by atoms with Gasteiger partial charge in [-0.2, -0.15) is 0 Å². The van der Waals surface area contributed by atoms with E-state index in [1.54, 1.807) is 6.20 Å². The summed E-state index contributed by atoms with van der Waals surface area (Å²) < 4.78 is 0. The third-order valence-corrected chi connectivity index (χ3v) is 4.72. The molecule has 2 N–H and O–H groups in total. The van der Waals surface area contributed by atoms with E-state index in [-0.39, 0.29) is 12.1 Å². The highest BCUT2D eigenvalue weighted by molar-refractivity contribution is 5.74. The molecular weight excluding hydrogens is 312 g/mol. The quantitative estimate of drug-likeness (QED) is 0.876. The third-order valence-electron chi connectivity index (χ3n) is 4.72. The van der Waals surface area contributed by atoms with Crippen molar-refractivity contribution in [2.75, 3.05) is 18.0 Å². The lowest BCUT2D eigenvalue weighted by atomic mass is 10.1. The Morgan fingerprint density at radius 1 is 1.24 bits per heavy atom. The normalized spacial score (nSPS) is 15.0. The van der Waals surface area contributed by atoms with Crippen molar-refractivity contribution in [2.24, 2.45) is 0 Å². The van der Waals surface area contributed by atoms with Crippen LogP contribution in [0.3, 0.4) is 0 Å². The molecule has 1 aromatic heterocycles. The van der Waals surface area contributed by atoms with Gasteiger partial charge in [0.1, 0.15) is 0 Å². The van der Waals surface area contributed by atoms with Crippen molar-refractivity contribution in [1.29, 1.82) is 0 Å². The van der Waals surface area contributed by atoms with Gasteiger partial charge in [0.2, 0.25) is 0 Å². The van der Waals surface area contributed by atoms with E-state index in [1.165, 1.54) is 18.5 Å². The van der Waals surface area contributed by atoms with Crippen molar-refractivity contribution in [3.05, 3.63) is 59.4 Å². The van der Waals surface area contributed by atoms with Gasteiger partial charge in [0.05, 0.1) is 18.3 Å². The molecular formula is C20H26N4O. The highest BCUT2D eigenvalue weighted by Gasteiger charge is 2.15. The molecule has 2 heterocycles. The zero-order chi connectivity index (χ0) is 17.6. The number of hydrogen-bond donors (Lipinski definition) is 2. The van der Waals surface area contributed by atoms with Crippen LogP contribution >= 0.6 is 0 Å². The number of hydrogen-bond acceptors (Lipinski definition) is 3. The fourth-order valence-corrected chi connectivity index (χ4v) is 3.16. The lowest BCUT2D eigenvalue weighted by Crippen LogP contribution is -2.37. The van der Waals surface area contributed by atoms with Gasteiger partial charge in [-0.3, -0.25) is 4.98 Å². The molecule has 1 aliphatic rings. The second-order valence-electron chi connectivity index (χ2n) is 6.60. The molecule has 0 bridgehead atoms. The summed E-state index contributed by atoms with van der Waals surface area (Å²) in [6.07, 6.45) is 4.26. The van der Waals surface area contributed by atoms with Crippen molar-refractivity contribution in [2.45, 2.75) is 39.3 Å². The average Bonchev–Trinajstić information content (AvgIpc) is 3.16. The van der Waals surface area contributed by atoms with Gasteiger partial charge >= 0.3 is 6.03 Å². The molecule has 0 saturated carbocycles. The Morgan fingerprint density at radius 2 is 2.04 bits per heavy atom. The molecule has 25 heavy (non-hydrogen) atoms. The average molecular weight is 338 g/mol. The first-order chi connectivity index (χ1) is 12.1. The summed E-state index contributed by atoms with van der Waals surface area (Å²) >= 11 is 0. The number of aryl methyl sites for hydroxylation is 1. The third kappa shape index (κ3) is 4.50. The van der Waals surface area contributed by atoms with Gasteiger partial charge < -0.3 is 15.5 Å². The number of aromatic nitrogens is 1. The number of carbonyl (C=O) groups is 1. The van der Waals surface area contributed by atoms with Crippen LogP contribution in [0.5, 0.6) is 0 Å². The van der Waals surface area contributed by atoms with Crippen molar-refractivity contribution >= 4 is 11.7 Å². The number of urea groups is 1. The second kappa shape index (κ2) is 8.01. The van der Waals surface area contributed by atoms with Crippen LogP contribution in [-0.2, 0) is 6.54 Å². The van der Waals surface area contributed by atoms with E-state index in [1.807, 2.05) is 26.0 Å². The van der Waals surface area contributed by atoms with Crippen LogP contribution in [0.25, 0.3) is 0 Å². The monoisotopic (exact) mass is 338 g/mol. The van der Waals surface area contributed by atoms with Gasteiger partial charge in [-0.15, -0.1) is 0 Å². The fraction of sp³-hybridized carbons (Fsp3) is 0.400. The van der Waals surface area contributed by atoms with E-state index in [0.717, 1.165) is 29.9 Å². The molecule has 1 aromatic carbocycles. The molecule has 2 aromatic rings. The van der Waals surface area contributed by atoms with Crippen LogP contribution in [0.2, 0.25) is 0 Å². The van der Waals surface area contributed by atoms with Gasteiger partial charge in [0, 0.05) is 25.0 Å². The summed E-state index contributed by atoms with van der Waals surface area (Å²) in [5.41, 5.74) is 4.33. The SMILES string of the molecule is Cc1cccnc1CNC(=O)N[C@H](C)c1cccc(N2CCCC2)c1. The minimum absolute atomic E-state index is 0.0487. The summed E-state index contributed by atoms with van der Waals surface area (Å²) in [7, 11) is 0. The molecule has 5 heteroatoms. The van der Waals surface area contributed by atoms with E-state index in [4.69, 9.17) is 0 Å². The van der Waals surface area contributed by atoms with E-state index < -0.39 is 0 Å². The molecule has 0 radical (unpaired) electrons. The minimum Gasteiger partial charge on any atom is -0.372 e. The number of carbonyl (C=O) groups excluding carboxylic acids is 1. The Labute approximate surface area is 149 Å². The molecule has 0 unspecified atom stereocenters. The summed E-state index contributed by atoms with van der Waals surface area (Å²) in [6, 6.07) is 12.1. The molecule has 132 valence electrons. The topological polar surface area (TPSA) is 57.3 Å². The Morgan fingerprint density at radius 3 is 2.80 bits per heavy atom. The maximum atomic E-state index is 12.2. The van der Waals surface area contributed by atoms with Crippen LogP contribution in [0.15, 0.2) is 42.6 Å². The summed E-state index contributed by atoms with van der Waals surface area (Å²) in [5.74, 6) is 0. The number of anilines is 1.